The van der Waals surface area contributed by atoms with Crippen molar-refractivity contribution < 1.29 is 22.7 Å². The Balaban J connectivity index is 1.33. The van der Waals surface area contributed by atoms with Crippen LogP contribution in [0.3, 0.4) is 0 Å². The first-order valence-corrected chi connectivity index (χ1v) is 12.4. The summed E-state index contributed by atoms with van der Waals surface area (Å²) >= 11 is 5.85. The molecule has 0 aromatic heterocycles. The molecular weight excluding hydrogens is 452 g/mol. The maximum absolute atomic E-state index is 12.9. The van der Waals surface area contributed by atoms with Crippen LogP contribution >= 0.6 is 11.6 Å². The van der Waals surface area contributed by atoms with Crippen molar-refractivity contribution >= 4 is 33.5 Å². The van der Waals surface area contributed by atoms with Crippen molar-refractivity contribution in [3.8, 4) is 0 Å². The minimum absolute atomic E-state index is 0.0368. The number of carbonyl (C=O) groups is 2. The van der Waals surface area contributed by atoms with Gasteiger partial charge in [0, 0.05) is 31.2 Å². The molecule has 1 atom stereocenters. The number of sulfonamides is 1. The lowest BCUT2D eigenvalue weighted by molar-refractivity contribution is -0.156. The number of piperidine rings is 1. The average Bonchev–Trinajstić information content (AvgIpc) is 2.82. The van der Waals surface area contributed by atoms with Gasteiger partial charge in [-0.15, -0.1) is 0 Å². The average molecular weight is 477 g/mol. The van der Waals surface area contributed by atoms with Crippen LogP contribution in [0.1, 0.15) is 24.0 Å². The zero-order valence-electron chi connectivity index (χ0n) is 17.6. The normalized spacial score (nSPS) is 19.3. The molecule has 4 rings (SSSR count). The van der Waals surface area contributed by atoms with Crippen molar-refractivity contribution in [2.24, 2.45) is 5.92 Å². The van der Waals surface area contributed by atoms with Gasteiger partial charge in [-0.25, -0.2) is 8.42 Å². The Hall–Kier alpha value is -2.42. The van der Waals surface area contributed by atoms with Crippen LogP contribution in [0.5, 0.6) is 0 Å². The van der Waals surface area contributed by atoms with Gasteiger partial charge in [0.25, 0.3) is 5.91 Å². The lowest BCUT2D eigenvalue weighted by atomic mass is 10.00. The summed E-state index contributed by atoms with van der Waals surface area (Å²) in [5, 5.41) is 0.450. The Kier molecular flexibility index (Phi) is 6.83. The topological polar surface area (TPSA) is 84.0 Å². The minimum Gasteiger partial charge on any atom is -0.455 e. The van der Waals surface area contributed by atoms with E-state index in [0.717, 1.165) is 12.0 Å². The van der Waals surface area contributed by atoms with E-state index in [1.54, 1.807) is 4.90 Å². The summed E-state index contributed by atoms with van der Waals surface area (Å²) in [6.45, 7) is 1.13. The Bertz CT molecular complexity index is 1100. The maximum Gasteiger partial charge on any atom is 0.310 e. The van der Waals surface area contributed by atoms with Crippen molar-refractivity contribution in [1.29, 1.82) is 0 Å². The predicted molar refractivity (Wildman–Crippen MR) is 119 cm³/mol. The molecule has 0 radical (unpaired) electrons. The van der Waals surface area contributed by atoms with Crippen molar-refractivity contribution in [2.75, 3.05) is 26.2 Å². The van der Waals surface area contributed by atoms with Crippen molar-refractivity contribution in [3.63, 3.8) is 0 Å². The molecule has 170 valence electrons. The monoisotopic (exact) mass is 476 g/mol. The van der Waals surface area contributed by atoms with Crippen LogP contribution in [0, 0.1) is 5.92 Å². The van der Waals surface area contributed by atoms with E-state index in [0.29, 0.717) is 37.5 Å². The van der Waals surface area contributed by atoms with Gasteiger partial charge in [0.15, 0.2) is 6.61 Å². The summed E-state index contributed by atoms with van der Waals surface area (Å²) in [7, 11) is -3.73. The van der Waals surface area contributed by atoms with Gasteiger partial charge in [0.05, 0.1) is 10.8 Å². The Morgan fingerprint density at radius 3 is 2.50 bits per heavy atom. The molecule has 1 amide bonds. The molecule has 2 aromatic carbocycles. The van der Waals surface area contributed by atoms with E-state index in [1.807, 2.05) is 18.2 Å². The van der Waals surface area contributed by atoms with Crippen LogP contribution in [-0.2, 0) is 37.3 Å². The molecule has 1 saturated heterocycles. The smallest absolute Gasteiger partial charge is 0.310 e. The molecule has 0 bridgehead atoms. The second-order valence-corrected chi connectivity index (χ2v) is 10.5. The highest BCUT2D eigenvalue weighted by Crippen LogP contribution is 2.25. The third kappa shape index (κ3) is 4.98. The lowest BCUT2D eigenvalue weighted by Crippen LogP contribution is -2.43. The fraction of sp³-hybridized carbons (Fsp3) is 0.391. The van der Waals surface area contributed by atoms with E-state index >= 15 is 0 Å². The molecule has 0 saturated carbocycles. The molecule has 2 heterocycles. The first kappa shape index (κ1) is 22.8. The van der Waals surface area contributed by atoms with Crippen molar-refractivity contribution in [3.05, 3.63) is 64.7 Å². The van der Waals surface area contributed by atoms with Gasteiger partial charge in [-0.3, -0.25) is 9.59 Å². The van der Waals surface area contributed by atoms with Gasteiger partial charge in [-0.1, -0.05) is 35.9 Å². The fourth-order valence-electron chi connectivity index (χ4n) is 4.16. The van der Waals surface area contributed by atoms with E-state index in [1.165, 1.54) is 34.1 Å². The number of carbonyl (C=O) groups excluding carboxylic acids is 2. The summed E-state index contributed by atoms with van der Waals surface area (Å²) in [4.78, 5) is 27.0. The Morgan fingerprint density at radius 2 is 1.75 bits per heavy atom. The second kappa shape index (κ2) is 9.60. The second-order valence-electron chi connectivity index (χ2n) is 8.10. The van der Waals surface area contributed by atoms with Gasteiger partial charge in [-0.05, 0) is 54.7 Å². The zero-order chi connectivity index (χ0) is 22.7. The van der Waals surface area contributed by atoms with E-state index in [-0.39, 0.29) is 24.0 Å². The highest BCUT2D eigenvalue weighted by molar-refractivity contribution is 7.89. The number of hydrogen-bond donors (Lipinski definition) is 0. The number of esters is 1. The Morgan fingerprint density at radius 1 is 1.03 bits per heavy atom. The van der Waals surface area contributed by atoms with Crippen LogP contribution in [0.2, 0.25) is 5.02 Å². The summed E-state index contributed by atoms with van der Waals surface area (Å²) < 4.78 is 32.4. The van der Waals surface area contributed by atoms with Gasteiger partial charge >= 0.3 is 5.97 Å². The first-order valence-electron chi connectivity index (χ1n) is 10.6. The molecule has 32 heavy (non-hydrogen) atoms. The molecule has 1 unspecified atom stereocenters. The molecule has 2 aromatic rings. The number of hydrogen-bond acceptors (Lipinski definition) is 5. The van der Waals surface area contributed by atoms with Gasteiger partial charge in [0.2, 0.25) is 10.0 Å². The van der Waals surface area contributed by atoms with Gasteiger partial charge in [-0.2, -0.15) is 4.31 Å². The van der Waals surface area contributed by atoms with E-state index in [9.17, 15) is 18.0 Å². The molecular formula is C23H25ClN2O5S. The lowest BCUT2D eigenvalue weighted by Gasteiger charge is -2.31. The maximum atomic E-state index is 12.9. The SMILES string of the molecule is O=C(OCC(=O)N1CCc2ccccc2C1)C1CCCN(S(=O)(=O)c2ccc(Cl)cc2)C1. The molecule has 0 N–H and O–H groups in total. The number of fused-ring (bicyclic) bond motifs is 1. The largest absolute Gasteiger partial charge is 0.455 e. The molecule has 9 heteroatoms. The van der Waals surface area contributed by atoms with E-state index in [2.05, 4.69) is 6.07 Å². The molecule has 1 fully saturated rings. The van der Waals surface area contributed by atoms with E-state index < -0.39 is 21.9 Å². The summed E-state index contributed by atoms with van der Waals surface area (Å²) in [6.07, 6.45) is 1.84. The zero-order valence-corrected chi connectivity index (χ0v) is 19.1. The van der Waals surface area contributed by atoms with Crippen LogP contribution in [0.4, 0.5) is 0 Å². The van der Waals surface area contributed by atoms with E-state index in [4.69, 9.17) is 16.3 Å². The van der Waals surface area contributed by atoms with Crippen LogP contribution in [0.25, 0.3) is 0 Å². The molecule has 0 spiro atoms. The molecule has 2 aliphatic rings. The third-order valence-electron chi connectivity index (χ3n) is 5.99. The quantitative estimate of drug-likeness (QED) is 0.619. The van der Waals surface area contributed by atoms with Crippen molar-refractivity contribution in [2.45, 2.75) is 30.7 Å². The number of halogens is 1. The van der Waals surface area contributed by atoms with Gasteiger partial charge < -0.3 is 9.64 Å². The fourth-order valence-corrected chi connectivity index (χ4v) is 5.81. The predicted octanol–water partition coefficient (Wildman–Crippen LogP) is 2.87. The van der Waals surface area contributed by atoms with Crippen LogP contribution in [-0.4, -0.2) is 55.7 Å². The summed E-state index contributed by atoms with van der Waals surface area (Å²) in [5.74, 6) is -1.37. The van der Waals surface area contributed by atoms with Crippen LogP contribution in [0.15, 0.2) is 53.4 Å². The number of ether oxygens (including phenoxy) is 1. The molecule has 7 nitrogen and oxygen atoms in total. The number of rotatable bonds is 5. The highest BCUT2D eigenvalue weighted by atomic mass is 35.5. The highest BCUT2D eigenvalue weighted by Gasteiger charge is 2.34. The van der Waals surface area contributed by atoms with Crippen molar-refractivity contribution in [1.82, 2.24) is 9.21 Å². The Labute approximate surface area is 193 Å². The van der Waals surface area contributed by atoms with Gasteiger partial charge in [0.1, 0.15) is 0 Å². The minimum atomic E-state index is -3.73. The molecule has 2 aliphatic heterocycles. The summed E-state index contributed by atoms with van der Waals surface area (Å²) in [6, 6.07) is 13.9. The summed E-state index contributed by atoms with van der Waals surface area (Å²) in [5.41, 5.74) is 2.34. The van der Waals surface area contributed by atoms with Crippen LogP contribution < -0.4 is 0 Å². The first-order chi connectivity index (χ1) is 15.3. The number of benzene rings is 2. The third-order valence-corrected chi connectivity index (χ3v) is 8.12. The molecule has 0 aliphatic carbocycles. The standard InChI is InChI=1S/C23H25ClN2O5S/c24-20-7-9-21(10-8-20)32(29,30)26-12-3-6-19(15-26)23(28)31-16-22(27)25-13-11-17-4-1-2-5-18(17)14-25/h1-2,4-5,7-10,19H,3,6,11-16H2. The number of amides is 1. The number of nitrogens with zero attached hydrogens (tertiary/aromatic N) is 2.